The fraction of sp³-hybridized carbons (Fsp3) is 0.211. The van der Waals surface area contributed by atoms with Gasteiger partial charge in [-0.15, -0.1) is 10.2 Å². The number of aromatic nitrogens is 4. The highest BCUT2D eigenvalue weighted by Crippen LogP contribution is 2.18. The first-order valence-corrected chi connectivity index (χ1v) is 8.58. The van der Waals surface area contributed by atoms with Gasteiger partial charge in [0.1, 0.15) is 12.3 Å². The molecule has 0 fully saturated rings. The van der Waals surface area contributed by atoms with E-state index in [9.17, 15) is 9.59 Å². The van der Waals surface area contributed by atoms with Crippen LogP contribution in [0.3, 0.4) is 0 Å². The molecular formula is C19H19N5O4. The van der Waals surface area contributed by atoms with Crippen molar-refractivity contribution in [2.45, 2.75) is 13.5 Å². The van der Waals surface area contributed by atoms with Crippen LogP contribution < -0.4 is 10.1 Å². The van der Waals surface area contributed by atoms with E-state index in [0.29, 0.717) is 23.7 Å². The number of nitrogens with zero attached hydrogens (tertiary/aromatic N) is 4. The van der Waals surface area contributed by atoms with Gasteiger partial charge in [0.05, 0.1) is 19.3 Å². The number of hydrogen-bond donors (Lipinski definition) is 1. The van der Waals surface area contributed by atoms with E-state index < -0.39 is 5.97 Å². The second-order valence-electron chi connectivity index (χ2n) is 5.72. The Morgan fingerprint density at radius 2 is 1.79 bits per heavy atom. The van der Waals surface area contributed by atoms with E-state index in [-0.39, 0.29) is 12.5 Å². The molecule has 0 aliphatic rings. The molecule has 144 valence electrons. The van der Waals surface area contributed by atoms with Crippen molar-refractivity contribution in [1.82, 2.24) is 20.2 Å². The van der Waals surface area contributed by atoms with Crippen LogP contribution in [0.15, 0.2) is 48.5 Å². The number of esters is 1. The summed E-state index contributed by atoms with van der Waals surface area (Å²) in [5.41, 5.74) is 1.73. The van der Waals surface area contributed by atoms with E-state index in [1.165, 1.54) is 4.80 Å². The Balaban J connectivity index is 1.59. The van der Waals surface area contributed by atoms with Crippen molar-refractivity contribution in [3.63, 3.8) is 0 Å². The Morgan fingerprint density at radius 1 is 1.07 bits per heavy atom. The molecule has 9 nitrogen and oxygen atoms in total. The lowest BCUT2D eigenvalue weighted by molar-refractivity contribution is -0.117. The SMILES string of the molecule is CCOC(=O)c1ccc(NC(=O)Cn2nnc(-c3ccc(OC)cc3)n2)cc1. The van der Waals surface area contributed by atoms with Gasteiger partial charge in [-0.05, 0) is 60.7 Å². The molecule has 0 spiro atoms. The van der Waals surface area contributed by atoms with E-state index in [0.717, 1.165) is 11.3 Å². The summed E-state index contributed by atoms with van der Waals surface area (Å²) < 4.78 is 10.0. The Hall–Kier alpha value is -3.75. The minimum absolute atomic E-state index is 0.0945. The molecule has 28 heavy (non-hydrogen) atoms. The maximum atomic E-state index is 12.2. The Labute approximate surface area is 161 Å². The standard InChI is InChI=1S/C19H19N5O4/c1-3-28-19(26)14-4-8-15(9-5-14)20-17(25)12-24-22-18(21-23-24)13-6-10-16(27-2)11-7-13/h4-11H,3,12H2,1-2H3,(H,20,25). The number of carbonyl (C=O) groups is 2. The second-order valence-corrected chi connectivity index (χ2v) is 5.72. The van der Waals surface area contributed by atoms with Crippen LogP contribution in [0.1, 0.15) is 17.3 Å². The van der Waals surface area contributed by atoms with Crippen LogP contribution >= 0.6 is 0 Å². The number of rotatable bonds is 7. The predicted octanol–water partition coefficient (Wildman–Crippen LogP) is 2.16. The largest absolute Gasteiger partial charge is 0.497 e. The molecule has 0 saturated carbocycles. The van der Waals surface area contributed by atoms with E-state index in [1.54, 1.807) is 50.4 Å². The molecule has 0 bridgehead atoms. The highest BCUT2D eigenvalue weighted by Gasteiger charge is 2.11. The van der Waals surface area contributed by atoms with Gasteiger partial charge < -0.3 is 14.8 Å². The molecule has 0 aliphatic heterocycles. The zero-order valence-electron chi connectivity index (χ0n) is 15.5. The first-order chi connectivity index (χ1) is 13.6. The summed E-state index contributed by atoms with van der Waals surface area (Å²) in [6, 6.07) is 13.6. The lowest BCUT2D eigenvalue weighted by Gasteiger charge is -2.06. The molecule has 3 rings (SSSR count). The Morgan fingerprint density at radius 3 is 2.43 bits per heavy atom. The van der Waals surface area contributed by atoms with Gasteiger partial charge in [-0.1, -0.05) is 0 Å². The number of benzene rings is 2. The summed E-state index contributed by atoms with van der Waals surface area (Å²) in [4.78, 5) is 25.0. The van der Waals surface area contributed by atoms with E-state index in [2.05, 4.69) is 20.7 Å². The fourth-order valence-electron chi connectivity index (χ4n) is 2.40. The van der Waals surface area contributed by atoms with Gasteiger partial charge in [0.15, 0.2) is 0 Å². The van der Waals surface area contributed by atoms with Crippen molar-refractivity contribution in [1.29, 1.82) is 0 Å². The number of carbonyl (C=O) groups excluding carboxylic acids is 2. The summed E-state index contributed by atoms with van der Waals surface area (Å²) >= 11 is 0. The Kier molecular flexibility index (Phi) is 5.95. The molecule has 0 atom stereocenters. The van der Waals surface area contributed by atoms with Crippen LogP contribution in [0.2, 0.25) is 0 Å². The number of methoxy groups -OCH3 is 1. The summed E-state index contributed by atoms with van der Waals surface area (Å²) in [6.45, 7) is 1.95. The zero-order valence-corrected chi connectivity index (χ0v) is 15.5. The normalized spacial score (nSPS) is 10.4. The molecule has 1 heterocycles. The summed E-state index contributed by atoms with van der Waals surface area (Å²) in [5, 5.41) is 14.8. The van der Waals surface area contributed by atoms with Crippen LogP contribution in [0, 0.1) is 0 Å². The zero-order chi connectivity index (χ0) is 19.9. The number of anilines is 1. The van der Waals surface area contributed by atoms with Gasteiger partial charge in [0.2, 0.25) is 11.7 Å². The van der Waals surface area contributed by atoms with E-state index in [1.807, 2.05) is 12.1 Å². The molecule has 1 aromatic heterocycles. The molecule has 0 radical (unpaired) electrons. The van der Waals surface area contributed by atoms with Crippen LogP contribution in [0.25, 0.3) is 11.4 Å². The van der Waals surface area contributed by atoms with Crippen molar-refractivity contribution in [3.05, 3.63) is 54.1 Å². The van der Waals surface area contributed by atoms with Gasteiger partial charge in [-0.2, -0.15) is 4.80 Å². The maximum Gasteiger partial charge on any atom is 0.338 e. The van der Waals surface area contributed by atoms with E-state index in [4.69, 9.17) is 9.47 Å². The minimum atomic E-state index is -0.404. The Bertz CT molecular complexity index is 951. The number of ether oxygens (including phenoxy) is 2. The number of nitrogens with one attached hydrogen (secondary N) is 1. The van der Waals surface area contributed by atoms with Crippen molar-refractivity contribution in [2.75, 3.05) is 19.0 Å². The van der Waals surface area contributed by atoms with Crippen molar-refractivity contribution in [2.24, 2.45) is 0 Å². The predicted molar refractivity (Wildman–Crippen MR) is 101 cm³/mol. The first kappa shape index (κ1) is 19.0. The topological polar surface area (TPSA) is 108 Å². The summed E-state index contributed by atoms with van der Waals surface area (Å²) in [5.74, 6) is 0.416. The smallest absolute Gasteiger partial charge is 0.338 e. The quantitative estimate of drug-likeness (QED) is 0.625. The molecule has 0 aliphatic carbocycles. The molecule has 9 heteroatoms. The number of amides is 1. The maximum absolute atomic E-state index is 12.2. The van der Waals surface area contributed by atoms with Crippen molar-refractivity contribution >= 4 is 17.6 Å². The molecule has 2 aromatic carbocycles. The van der Waals surface area contributed by atoms with Gasteiger partial charge in [0.25, 0.3) is 0 Å². The highest BCUT2D eigenvalue weighted by molar-refractivity contribution is 5.92. The monoisotopic (exact) mass is 381 g/mol. The highest BCUT2D eigenvalue weighted by atomic mass is 16.5. The van der Waals surface area contributed by atoms with Crippen molar-refractivity contribution in [3.8, 4) is 17.1 Å². The average molecular weight is 381 g/mol. The van der Waals surface area contributed by atoms with Gasteiger partial charge in [0, 0.05) is 11.3 Å². The van der Waals surface area contributed by atoms with Crippen LogP contribution in [-0.2, 0) is 16.1 Å². The number of hydrogen-bond acceptors (Lipinski definition) is 7. The lowest BCUT2D eigenvalue weighted by atomic mass is 10.2. The lowest BCUT2D eigenvalue weighted by Crippen LogP contribution is -2.20. The van der Waals surface area contributed by atoms with Gasteiger partial charge in [-0.25, -0.2) is 4.79 Å². The van der Waals surface area contributed by atoms with Crippen molar-refractivity contribution < 1.29 is 19.1 Å². The first-order valence-electron chi connectivity index (χ1n) is 8.58. The average Bonchev–Trinajstić information content (AvgIpc) is 3.17. The fourth-order valence-corrected chi connectivity index (χ4v) is 2.40. The van der Waals surface area contributed by atoms with Crippen LogP contribution in [-0.4, -0.2) is 45.8 Å². The molecule has 0 saturated heterocycles. The third kappa shape index (κ3) is 4.70. The second kappa shape index (κ2) is 8.76. The molecule has 1 N–H and O–H groups in total. The number of tetrazole rings is 1. The third-order valence-electron chi connectivity index (χ3n) is 3.77. The van der Waals surface area contributed by atoms with Crippen LogP contribution in [0.5, 0.6) is 5.75 Å². The van der Waals surface area contributed by atoms with Gasteiger partial charge >= 0.3 is 5.97 Å². The van der Waals surface area contributed by atoms with Crippen LogP contribution in [0.4, 0.5) is 5.69 Å². The summed E-state index contributed by atoms with van der Waals surface area (Å²) in [6.07, 6.45) is 0. The summed E-state index contributed by atoms with van der Waals surface area (Å²) in [7, 11) is 1.59. The van der Waals surface area contributed by atoms with Gasteiger partial charge in [-0.3, -0.25) is 4.79 Å². The minimum Gasteiger partial charge on any atom is -0.497 e. The van der Waals surface area contributed by atoms with E-state index >= 15 is 0 Å². The molecule has 0 unspecified atom stereocenters. The molecular weight excluding hydrogens is 362 g/mol. The third-order valence-corrected chi connectivity index (χ3v) is 3.77. The molecule has 1 amide bonds. The molecule has 3 aromatic rings.